The minimum absolute atomic E-state index is 0.276. The fourth-order valence-corrected chi connectivity index (χ4v) is 3.40. The fourth-order valence-electron chi connectivity index (χ4n) is 2.56. The van der Waals surface area contributed by atoms with Crippen LogP contribution in [0.4, 0.5) is 0 Å². The summed E-state index contributed by atoms with van der Waals surface area (Å²) in [6, 6.07) is 7.59. The van der Waals surface area contributed by atoms with Crippen LogP contribution in [0.15, 0.2) is 29.1 Å². The van der Waals surface area contributed by atoms with Crippen LogP contribution in [0, 0.1) is 20.8 Å². The molecule has 8 heteroatoms. The second kappa shape index (κ2) is 7.02. The lowest BCUT2D eigenvalue weighted by atomic mass is 10.3. The van der Waals surface area contributed by atoms with Gasteiger partial charge >= 0.3 is 5.69 Å². The molecule has 3 aromatic heterocycles. The summed E-state index contributed by atoms with van der Waals surface area (Å²) in [6.45, 7) is 6.35. The molecule has 0 saturated heterocycles. The van der Waals surface area contributed by atoms with E-state index in [1.807, 2.05) is 32.0 Å². The van der Waals surface area contributed by atoms with Crippen molar-refractivity contribution in [3.63, 3.8) is 0 Å². The van der Waals surface area contributed by atoms with E-state index in [0.29, 0.717) is 24.5 Å². The van der Waals surface area contributed by atoms with Crippen LogP contribution in [0.3, 0.4) is 0 Å². The van der Waals surface area contributed by atoms with Gasteiger partial charge in [-0.25, -0.2) is 4.79 Å². The van der Waals surface area contributed by atoms with Crippen LogP contribution in [-0.4, -0.2) is 32.2 Å². The van der Waals surface area contributed by atoms with Gasteiger partial charge in [0.1, 0.15) is 0 Å². The third kappa shape index (κ3) is 3.85. The van der Waals surface area contributed by atoms with Gasteiger partial charge in [-0.15, -0.1) is 11.3 Å². The normalized spacial score (nSPS) is 10.8. The van der Waals surface area contributed by atoms with Crippen molar-refractivity contribution in [2.24, 2.45) is 0 Å². The molecule has 3 aromatic rings. The Hall–Kier alpha value is -2.74. The molecule has 2 N–H and O–H groups in total. The van der Waals surface area contributed by atoms with Gasteiger partial charge < -0.3 is 5.32 Å². The van der Waals surface area contributed by atoms with Crippen LogP contribution in [-0.2, 0) is 6.54 Å². The zero-order chi connectivity index (χ0) is 18.0. The smallest absolute Gasteiger partial charge is 0.348 e. The summed E-state index contributed by atoms with van der Waals surface area (Å²) in [5, 5.41) is 9.73. The van der Waals surface area contributed by atoms with Gasteiger partial charge in [0.15, 0.2) is 5.69 Å². The second-order valence-electron chi connectivity index (χ2n) is 5.81. The van der Waals surface area contributed by atoms with Crippen LogP contribution >= 0.6 is 11.3 Å². The molecule has 0 spiro atoms. The molecule has 3 rings (SSSR count). The number of aromatic nitrogens is 4. The largest absolute Gasteiger partial charge is 0.349 e. The van der Waals surface area contributed by atoms with Crippen LogP contribution in [0.5, 0.6) is 0 Å². The predicted octanol–water partition coefficient (Wildman–Crippen LogP) is 2.05. The van der Waals surface area contributed by atoms with E-state index in [9.17, 15) is 9.59 Å². The lowest BCUT2D eigenvalue weighted by molar-refractivity contribution is 0.0947. The van der Waals surface area contributed by atoms with E-state index in [4.69, 9.17) is 0 Å². The van der Waals surface area contributed by atoms with Crippen molar-refractivity contribution in [2.75, 3.05) is 6.54 Å². The lowest BCUT2D eigenvalue weighted by Gasteiger charge is -2.09. The number of nitrogens with zero attached hydrogens (tertiary/aromatic N) is 3. The summed E-state index contributed by atoms with van der Waals surface area (Å²) in [7, 11) is 0. The molecule has 0 fully saturated rings. The van der Waals surface area contributed by atoms with Gasteiger partial charge in [0.25, 0.3) is 5.91 Å². The van der Waals surface area contributed by atoms with E-state index >= 15 is 0 Å². The average molecular weight is 357 g/mol. The van der Waals surface area contributed by atoms with E-state index in [1.54, 1.807) is 24.3 Å². The third-order valence-corrected chi connectivity index (χ3v) is 4.82. The Labute approximate surface area is 148 Å². The average Bonchev–Trinajstić information content (AvgIpc) is 3.18. The number of carbonyl (C=O) groups excluding carboxylic acids is 1. The van der Waals surface area contributed by atoms with Crippen molar-refractivity contribution >= 4 is 17.2 Å². The van der Waals surface area contributed by atoms with E-state index in [1.165, 1.54) is 9.44 Å². The fraction of sp³-hybridized carbons (Fsp3) is 0.294. The van der Waals surface area contributed by atoms with Gasteiger partial charge in [0.2, 0.25) is 0 Å². The number of carbonyl (C=O) groups is 1. The number of amides is 1. The summed E-state index contributed by atoms with van der Waals surface area (Å²) in [5.74, 6) is -0.276. The molecule has 1 amide bonds. The van der Waals surface area contributed by atoms with Crippen molar-refractivity contribution < 1.29 is 4.79 Å². The molecule has 0 aliphatic carbocycles. The second-order valence-corrected chi connectivity index (χ2v) is 7.09. The van der Waals surface area contributed by atoms with Crippen molar-refractivity contribution in [1.29, 1.82) is 0 Å². The van der Waals surface area contributed by atoms with Crippen LogP contribution < -0.4 is 11.0 Å². The Bertz CT molecular complexity index is 970. The molecular formula is C17H19N5O2S. The number of hydrogen-bond acceptors (Lipinski definition) is 5. The Morgan fingerprint density at radius 2 is 2.08 bits per heavy atom. The highest BCUT2D eigenvalue weighted by Crippen LogP contribution is 2.26. The van der Waals surface area contributed by atoms with Crippen LogP contribution in [0.1, 0.15) is 26.8 Å². The molecule has 0 aromatic carbocycles. The van der Waals surface area contributed by atoms with E-state index in [0.717, 1.165) is 16.3 Å². The highest BCUT2D eigenvalue weighted by atomic mass is 32.1. The van der Waals surface area contributed by atoms with Crippen molar-refractivity contribution in [2.45, 2.75) is 27.3 Å². The molecule has 25 heavy (non-hydrogen) atoms. The number of aryl methyl sites for hydroxylation is 3. The Balaban J connectivity index is 1.62. The molecule has 0 aliphatic rings. The molecule has 3 heterocycles. The quantitative estimate of drug-likeness (QED) is 0.731. The highest BCUT2D eigenvalue weighted by Gasteiger charge is 2.12. The monoisotopic (exact) mass is 357 g/mol. The topological polar surface area (TPSA) is 92.7 Å². The van der Waals surface area contributed by atoms with E-state index < -0.39 is 0 Å². The van der Waals surface area contributed by atoms with Crippen LogP contribution in [0.2, 0.25) is 0 Å². The summed E-state index contributed by atoms with van der Waals surface area (Å²) >= 11 is 1.64. The molecule has 130 valence electrons. The summed E-state index contributed by atoms with van der Waals surface area (Å²) < 4.78 is 1.54. The Kier molecular flexibility index (Phi) is 4.80. The number of nitrogens with one attached hydrogen (secondary N) is 2. The molecule has 0 atom stereocenters. The maximum absolute atomic E-state index is 12.2. The number of rotatable bonds is 5. The first-order valence-electron chi connectivity index (χ1n) is 7.89. The van der Waals surface area contributed by atoms with Crippen molar-refractivity contribution in [3.8, 4) is 10.6 Å². The van der Waals surface area contributed by atoms with E-state index in [-0.39, 0.29) is 11.6 Å². The summed E-state index contributed by atoms with van der Waals surface area (Å²) in [4.78, 5) is 30.3. The lowest BCUT2D eigenvalue weighted by Crippen LogP contribution is -2.33. The van der Waals surface area contributed by atoms with Gasteiger partial charge in [-0.1, -0.05) is 0 Å². The number of aromatic amines is 1. The minimum atomic E-state index is -0.304. The maximum Gasteiger partial charge on any atom is 0.348 e. The van der Waals surface area contributed by atoms with Crippen molar-refractivity contribution in [1.82, 2.24) is 25.1 Å². The van der Waals surface area contributed by atoms with Gasteiger partial charge in [-0.05, 0) is 45.0 Å². The van der Waals surface area contributed by atoms with Gasteiger partial charge in [-0.2, -0.15) is 10.1 Å². The zero-order valence-electron chi connectivity index (χ0n) is 14.3. The predicted molar refractivity (Wildman–Crippen MR) is 96.9 cm³/mol. The minimum Gasteiger partial charge on any atom is -0.349 e. The number of H-pyrrole nitrogens is 1. The first-order valence-corrected chi connectivity index (χ1v) is 8.71. The number of hydrogen-bond donors (Lipinski definition) is 2. The van der Waals surface area contributed by atoms with E-state index in [2.05, 4.69) is 20.5 Å². The Morgan fingerprint density at radius 3 is 2.76 bits per heavy atom. The first kappa shape index (κ1) is 17.1. The Morgan fingerprint density at radius 1 is 1.28 bits per heavy atom. The molecule has 0 radical (unpaired) electrons. The number of thiophene rings is 1. The van der Waals surface area contributed by atoms with Gasteiger partial charge in [0, 0.05) is 29.4 Å². The first-order chi connectivity index (χ1) is 11.9. The van der Waals surface area contributed by atoms with Gasteiger partial charge in [-0.3, -0.25) is 14.5 Å². The molecule has 0 unspecified atom stereocenters. The molecule has 0 bridgehead atoms. The molecule has 0 saturated carbocycles. The molecule has 0 aliphatic heterocycles. The maximum atomic E-state index is 12.2. The zero-order valence-corrected chi connectivity index (χ0v) is 15.1. The van der Waals surface area contributed by atoms with Crippen LogP contribution in [0.25, 0.3) is 10.6 Å². The standard InChI is InChI=1S/C17H19N5O2S/c1-10-8-11(2)22(17(24)19-10)7-6-18-16(23)14-9-13(20-21-14)15-5-4-12(3)25-15/h4-5,8-9H,6-7H2,1-3H3,(H,18,23)(H,20,21). The SMILES string of the molecule is Cc1cc(C)n(CCNC(=O)c2cc(-c3ccc(C)s3)[nH]n2)c(=O)n1. The third-order valence-electron chi connectivity index (χ3n) is 3.78. The van der Waals surface area contributed by atoms with Crippen molar-refractivity contribution in [3.05, 3.63) is 56.7 Å². The highest BCUT2D eigenvalue weighted by molar-refractivity contribution is 7.15. The molecular weight excluding hydrogens is 338 g/mol. The summed E-state index contributed by atoms with van der Waals surface area (Å²) in [6.07, 6.45) is 0. The van der Waals surface area contributed by atoms with Gasteiger partial charge in [0.05, 0.1) is 10.6 Å². The molecule has 7 nitrogen and oxygen atoms in total. The summed E-state index contributed by atoms with van der Waals surface area (Å²) in [5.41, 5.74) is 2.35.